The van der Waals surface area contributed by atoms with Crippen molar-refractivity contribution in [2.24, 2.45) is 0 Å². The Bertz CT molecular complexity index is 931. The molecule has 0 bridgehead atoms. The number of aromatic nitrogens is 1. The Kier molecular flexibility index (Phi) is 3.47. The summed E-state index contributed by atoms with van der Waals surface area (Å²) >= 11 is 0. The molecule has 1 aromatic heterocycles. The highest BCUT2D eigenvalue weighted by atomic mass is 19.1. The molecule has 0 aliphatic heterocycles. The standard InChI is InChI=1S/C17H13FN2O2/c1-10-6-7-12(9-14(10)18)19-16(21)13-8-11-4-2-3-5-15(11)20-17(13)22/h2-9H,1H3,(H,19,21)(H,20,22). The minimum atomic E-state index is -0.574. The topological polar surface area (TPSA) is 62.0 Å². The van der Waals surface area contributed by atoms with Gasteiger partial charge in [-0.15, -0.1) is 0 Å². The molecule has 2 N–H and O–H groups in total. The van der Waals surface area contributed by atoms with Gasteiger partial charge in [-0.2, -0.15) is 0 Å². The number of anilines is 1. The highest BCUT2D eigenvalue weighted by molar-refractivity contribution is 6.05. The quantitative estimate of drug-likeness (QED) is 0.762. The van der Waals surface area contributed by atoms with Crippen LogP contribution in [-0.4, -0.2) is 10.9 Å². The SMILES string of the molecule is Cc1ccc(NC(=O)c2cc3ccccc3[nH]c2=O)cc1F. The van der Waals surface area contributed by atoms with E-state index in [0.717, 1.165) is 5.39 Å². The molecule has 0 saturated carbocycles. The van der Waals surface area contributed by atoms with Crippen LogP contribution in [0.1, 0.15) is 15.9 Å². The average molecular weight is 296 g/mol. The van der Waals surface area contributed by atoms with E-state index in [4.69, 9.17) is 0 Å². The molecule has 2 aromatic carbocycles. The second kappa shape index (κ2) is 5.44. The van der Waals surface area contributed by atoms with Gasteiger partial charge in [0.05, 0.1) is 0 Å². The number of benzene rings is 2. The largest absolute Gasteiger partial charge is 0.322 e. The van der Waals surface area contributed by atoms with Crippen molar-refractivity contribution >= 4 is 22.5 Å². The fourth-order valence-electron chi connectivity index (χ4n) is 2.19. The Balaban J connectivity index is 1.96. The van der Waals surface area contributed by atoms with Crippen molar-refractivity contribution in [2.45, 2.75) is 6.92 Å². The number of para-hydroxylation sites is 1. The molecule has 1 amide bonds. The number of amides is 1. The number of carbonyl (C=O) groups is 1. The van der Waals surface area contributed by atoms with E-state index in [-0.39, 0.29) is 5.56 Å². The van der Waals surface area contributed by atoms with Gasteiger partial charge in [0.15, 0.2) is 0 Å². The average Bonchev–Trinajstić information content (AvgIpc) is 2.50. The number of halogens is 1. The number of H-pyrrole nitrogens is 1. The molecule has 0 aliphatic rings. The van der Waals surface area contributed by atoms with Crippen LogP contribution < -0.4 is 10.9 Å². The van der Waals surface area contributed by atoms with Crippen LogP contribution in [0.15, 0.2) is 53.3 Å². The van der Waals surface area contributed by atoms with Gasteiger partial charge in [0.25, 0.3) is 11.5 Å². The van der Waals surface area contributed by atoms with E-state index in [9.17, 15) is 14.0 Å². The molecule has 0 unspecified atom stereocenters. The number of pyridine rings is 1. The van der Waals surface area contributed by atoms with Crippen LogP contribution in [0.3, 0.4) is 0 Å². The van der Waals surface area contributed by atoms with Gasteiger partial charge >= 0.3 is 0 Å². The summed E-state index contributed by atoms with van der Waals surface area (Å²) in [6.45, 7) is 1.63. The summed E-state index contributed by atoms with van der Waals surface area (Å²) in [4.78, 5) is 26.9. The van der Waals surface area contributed by atoms with Crippen LogP contribution in [0.25, 0.3) is 10.9 Å². The molecule has 22 heavy (non-hydrogen) atoms. The van der Waals surface area contributed by atoms with E-state index in [1.807, 2.05) is 6.07 Å². The van der Waals surface area contributed by atoms with E-state index in [0.29, 0.717) is 16.8 Å². The van der Waals surface area contributed by atoms with Gasteiger partial charge in [0.2, 0.25) is 0 Å². The zero-order chi connectivity index (χ0) is 15.7. The zero-order valence-corrected chi connectivity index (χ0v) is 11.8. The first-order valence-electron chi connectivity index (χ1n) is 6.74. The number of hydrogen-bond donors (Lipinski definition) is 2. The van der Waals surface area contributed by atoms with Crippen LogP contribution in [0, 0.1) is 12.7 Å². The lowest BCUT2D eigenvalue weighted by Gasteiger charge is -2.07. The summed E-state index contributed by atoms with van der Waals surface area (Å²) in [6, 6.07) is 13.1. The Labute approximate surface area is 125 Å². The predicted octanol–water partition coefficient (Wildman–Crippen LogP) is 3.23. The minimum absolute atomic E-state index is 0.0142. The van der Waals surface area contributed by atoms with E-state index < -0.39 is 17.3 Å². The second-order valence-corrected chi connectivity index (χ2v) is 5.02. The van der Waals surface area contributed by atoms with E-state index in [1.54, 1.807) is 37.3 Å². The maximum atomic E-state index is 13.5. The van der Waals surface area contributed by atoms with Crippen molar-refractivity contribution in [3.05, 3.63) is 75.8 Å². The smallest absolute Gasteiger partial charge is 0.261 e. The molecular formula is C17H13FN2O2. The number of rotatable bonds is 2. The van der Waals surface area contributed by atoms with Gasteiger partial charge < -0.3 is 10.3 Å². The third-order valence-corrected chi connectivity index (χ3v) is 3.43. The highest BCUT2D eigenvalue weighted by Crippen LogP contribution is 2.15. The summed E-state index contributed by atoms with van der Waals surface area (Å²) < 4.78 is 13.5. The first-order chi connectivity index (χ1) is 10.5. The number of hydrogen-bond acceptors (Lipinski definition) is 2. The molecule has 0 radical (unpaired) electrons. The van der Waals surface area contributed by atoms with E-state index in [2.05, 4.69) is 10.3 Å². The summed E-state index contributed by atoms with van der Waals surface area (Å²) in [5.41, 5.74) is 0.955. The molecule has 0 spiro atoms. The van der Waals surface area contributed by atoms with Crippen LogP contribution in [0.5, 0.6) is 0 Å². The Morgan fingerprint density at radius 1 is 1.14 bits per heavy atom. The van der Waals surface area contributed by atoms with Crippen molar-refractivity contribution in [3.8, 4) is 0 Å². The number of carbonyl (C=O) groups excluding carboxylic acids is 1. The molecule has 110 valence electrons. The maximum Gasteiger partial charge on any atom is 0.261 e. The minimum Gasteiger partial charge on any atom is -0.322 e. The summed E-state index contributed by atoms with van der Waals surface area (Å²) in [5, 5.41) is 3.29. The molecule has 0 fully saturated rings. The van der Waals surface area contributed by atoms with Crippen LogP contribution in [0.2, 0.25) is 0 Å². The predicted molar refractivity (Wildman–Crippen MR) is 83.7 cm³/mol. The number of fused-ring (bicyclic) bond motifs is 1. The third kappa shape index (κ3) is 2.61. The lowest BCUT2D eigenvalue weighted by Crippen LogP contribution is -2.23. The van der Waals surface area contributed by atoms with Crippen molar-refractivity contribution in [1.82, 2.24) is 4.98 Å². The van der Waals surface area contributed by atoms with Gasteiger partial charge in [0.1, 0.15) is 11.4 Å². The van der Waals surface area contributed by atoms with Crippen molar-refractivity contribution < 1.29 is 9.18 Å². The fraction of sp³-hybridized carbons (Fsp3) is 0.0588. The molecule has 5 heteroatoms. The monoisotopic (exact) mass is 296 g/mol. The molecule has 3 rings (SSSR count). The molecule has 0 saturated heterocycles. The zero-order valence-electron chi connectivity index (χ0n) is 11.8. The molecule has 0 aliphatic carbocycles. The first-order valence-corrected chi connectivity index (χ1v) is 6.74. The summed E-state index contributed by atoms with van der Waals surface area (Å²) in [7, 11) is 0. The number of aromatic amines is 1. The van der Waals surface area contributed by atoms with Gasteiger partial charge in [-0.1, -0.05) is 24.3 Å². The molecule has 1 heterocycles. The molecule has 4 nitrogen and oxygen atoms in total. The van der Waals surface area contributed by atoms with Gasteiger partial charge in [-0.3, -0.25) is 9.59 Å². The third-order valence-electron chi connectivity index (χ3n) is 3.43. The molecule has 3 aromatic rings. The maximum absolute atomic E-state index is 13.5. The first kappa shape index (κ1) is 14.0. The van der Waals surface area contributed by atoms with E-state index in [1.165, 1.54) is 12.1 Å². The van der Waals surface area contributed by atoms with Crippen molar-refractivity contribution in [3.63, 3.8) is 0 Å². The van der Waals surface area contributed by atoms with E-state index >= 15 is 0 Å². The van der Waals surface area contributed by atoms with Gasteiger partial charge in [0, 0.05) is 11.2 Å². The van der Waals surface area contributed by atoms with Gasteiger partial charge in [-0.05, 0) is 42.1 Å². The van der Waals surface area contributed by atoms with Crippen molar-refractivity contribution in [1.29, 1.82) is 0 Å². The summed E-state index contributed by atoms with van der Waals surface area (Å²) in [6.07, 6.45) is 0. The fourth-order valence-corrected chi connectivity index (χ4v) is 2.19. The van der Waals surface area contributed by atoms with Gasteiger partial charge in [-0.25, -0.2) is 4.39 Å². The lowest BCUT2D eigenvalue weighted by atomic mass is 10.1. The molecule has 0 atom stereocenters. The lowest BCUT2D eigenvalue weighted by molar-refractivity contribution is 0.102. The Morgan fingerprint density at radius 2 is 1.91 bits per heavy atom. The second-order valence-electron chi connectivity index (χ2n) is 5.02. The number of aryl methyl sites for hydroxylation is 1. The van der Waals surface area contributed by atoms with Crippen LogP contribution in [0.4, 0.5) is 10.1 Å². The van der Waals surface area contributed by atoms with Crippen LogP contribution >= 0.6 is 0 Å². The summed E-state index contributed by atoms with van der Waals surface area (Å²) in [5.74, 6) is -0.986. The number of nitrogens with one attached hydrogen (secondary N) is 2. The van der Waals surface area contributed by atoms with Crippen molar-refractivity contribution in [2.75, 3.05) is 5.32 Å². The Morgan fingerprint density at radius 3 is 2.68 bits per heavy atom. The Hall–Kier alpha value is -2.95. The normalized spacial score (nSPS) is 10.6. The highest BCUT2D eigenvalue weighted by Gasteiger charge is 2.12. The molecular weight excluding hydrogens is 283 g/mol. The van der Waals surface area contributed by atoms with Crippen LogP contribution in [-0.2, 0) is 0 Å².